The molecule has 0 radical (unpaired) electrons. The van der Waals surface area contributed by atoms with E-state index in [-0.39, 0.29) is 6.03 Å². The van der Waals surface area contributed by atoms with E-state index in [0.717, 1.165) is 6.42 Å². The third-order valence-electron chi connectivity index (χ3n) is 2.51. The Kier molecular flexibility index (Phi) is 1.64. The van der Waals surface area contributed by atoms with E-state index in [1.807, 2.05) is 6.21 Å². The lowest BCUT2D eigenvalue weighted by Crippen LogP contribution is -2.44. The molecule has 2 rings (SSSR count). The molecule has 60 valence electrons. The van der Waals surface area contributed by atoms with Crippen molar-refractivity contribution in [1.82, 2.24) is 5.32 Å². The Balaban J connectivity index is 2.10. The number of hydrogen-bond donors (Lipinski definition) is 1. The molecule has 2 atom stereocenters. The van der Waals surface area contributed by atoms with Gasteiger partial charge in [-0.25, -0.2) is 9.79 Å². The summed E-state index contributed by atoms with van der Waals surface area (Å²) in [6.07, 6.45) is 6.66. The molecule has 1 heterocycles. The van der Waals surface area contributed by atoms with E-state index in [4.69, 9.17) is 0 Å². The van der Waals surface area contributed by atoms with E-state index in [2.05, 4.69) is 10.3 Å². The molecule has 0 spiro atoms. The standard InChI is InChI=1S/C8H12N2O/c11-8-9-5-6-3-1-2-4-7(6)10-8/h5-7H,1-4H2,(H,10,11). The molecule has 0 saturated heterocycles. The number of nitrogens with one attached hydrogen (secondary N) is 1. The molecule has 1 saturated carbocycles. The van der Waals surface area contributed by atoms with Crippen molar-refractivity contribution in [2.24, 2.45) is 10.9 Å². The van der Waals surface area contributed by atoms with E-state index in [9.17, 15) is 4.79 Å². The SMILES string of the molecule is O=C1N=CC2CCCCC2N1. The average molecular weight is 152 g/mol. The van der Waals surface area contributed by atoms with Crippen molar-refractivity contribution in [3.63, 3.8) is 0 Å². The predicted octanol–water partition coefficient (Wildman–Crippen LogP) is 1.34. The van der Waals surface area contributed by atoms with E-state index in [1.54, 1.807) is 0 Å². The van der Waals surface area contributed by atoms with Crippen LogP contribution in [0.2, 0.25) is 0 Å². The highest BCUT2D eigenvalue weighted by atomic mass is 16.2. The van der Waals surface area contributed by atoms with Gasteiger partial charge < -0.3 is 5.32 Å². The highest BCUT2D eigenvalue weighted by Crippen LogP contribution is 2.24. The van der Waals surface area contributed by atoms with Crippen LogP contribution in [0.1, 0.15) is 25.7 Å². The first-order valence-corrected chi connectivity index (χ1v) is 4.21. The molecule has 0 aromatic heterocycles. The summed E-state index contributed by atoms with van der Waals surface area (Å²) in [5.41, 5.74) is 0. The topological polar surface area (TPSA) is 41.5 Å². The van der Waals surface area contributed by atoms with Crippen molar-refractivity contribution in [2.45, 2.75) is 31.7 Å². The minimum Gasteiger partial charge on any atom is -0.333 e. The second-order valence-electron chi connectivity index (χ2n) is 3.28. The zero-order valence-corrected chi connectivity index (χ0v) is 6.42. The van der Waals surface area contributed by atoms with Gasteiger partial charge in [0.25, 0.3) is 0 Å². The van der Waals surface area contributed by atoms with Crippen LogP contribution in [0.25, 0.3) is 0 Å². The van der Waals surface area contributed by atoms with Gasteiger partial charge in [-0.05, 0) is 12.8 Å². The molecule has 2 aliphatic rings. The van der Waals surface area contributed by atoms with Crippen molar-refractivity contribution in [2.75, 3.05) is 0 Å². The lowest BCUT2D eigenvalue weighted by molar-refractivity contribution is 0.233. The fraction of sp³-hybridized carbons (Fsp3) is 0.750. The molecule has 2 amide bonds. The smallest absolute Gasteiger partial charge is 0.333 e. The summed E-state index contributed by atoms with van der Waals surface area (Å²) in [5, 5.41) is 2.88. The first-order chi connectivity index (χ1) is 5.36. The molecule has 1 N–H and O–H groups in total. The molecule has 0 aromatic rings. The van der Waals surface area contributed by atoms with Gasteiger partial charge in [-0.15, -0.1) is 0 Å². The fourth-order valence-corrected chi connectivity index (χ4v) is 1.88. The van der Waals surface area contributed by atoms with E-state index in [1.165, 1.54) is 19.3 Å². The second-order valence-corrected chi connectivity index (χ2v) is 3.28. The number of hydrogen-bond acceptors (Lipinski definition) is 1. The predicted molar refractivity (Wildman–Crippen MR) is 42.8 cm³/mol. The third-order valence-corrected chi connectivity index (χ3v) is 2.51. The summed E-state index contributed by atoms with van der Waals surface area (Å²) in [5.74, 6) is 0.515. The lowest BCUT2D eigenvalue weighted by Gasteiger charge is -2.31. The van der Waals surface area contributed by atoms with Gasteiger partial charge >= 0.3 is 6.03 Å². The summed E-state index contributed by atoms with van der Waals surface area (Å²) in [6, 6.07) is 0.224. The monoisotopic (exact) mass is 152 g/mol. The summed E-state index contributed by atoms with van der Waals surface area (Å²) < 4.78 is 0. The van der Waals surface area contributed by atoms with Crippen LogP contribution in [0.15, 0.2) is 4.99 Å². The van der Waals surface area contributed by atoms with Crippen LogP contribution >= 0.6 is 0 Å². The van der Waals surface area contributed by atoms with Gasteiger partial charge in [0.05, 0.1) is 0 Å². The van der Waals surface area contributed by atoms with Crippen LogP contribution in [-0.2, 0) is 0 Å². The van der Waals surface area contributed by atoms with Gasteiger partial charge in [0.15, 0.2) is 0 Å². The molecule has 1 aliphatic carbocycles. The van der Waals surface area contributed by atoms with Crippen molar-refractivity contribution in [3.05, 3.63) is 0 Å². The molecule has 0 bridgehead atoms. The van der Waals surface area contributed by atoms with Gasteiger partial charge in [0, 0.05) is 18.2 Å². The third kappa shape index (κ3) is 1.27. The number of nitrogens with zero attached hydrogens (tertiary/aromatic N) is 1. The van der Waals surface area contributed by atoms with E-state index >= 15 is 0 Å². The van der Waals surface area contributed by atoms with Crippen molar-refractivity contribution in [3.8, 4) is 0 Å². The normalized spacial score (nSPS) is 36.2. The first kappa shape index (κ1) is 6.83. The maximum absolute atomic E-state index is 10.8. The molecule has 3 nitrogen and oxygen atoms in total. The maximum atomic E-state index is 10.8. The molecular weight excluding hydrogens is 140 g/mol. The zero-order chi connectivity index (χ0) is 7.68. The van der Waals surface area contributed by atoms with Crippen LogP contribution < -0.4 is 5.32 Å². The number of rotatable bonds is 0. The zero-order valence-electron chi connectivity index (χ0n) is 6.42. The van der Waals surface area contributed by atoms with E-state index in [0.29, 0.717) is 12.0 Å². The molecule has 3 heteroatoms. The molecule has 0 aromatic carbocycles. The highest BCUT2D eigenvalue weighted by Gasteiger charge is 2.27. The Morgan fingerprint density at radius 2 is 2.27 bits per heavy atom. The highest BCUT2D eigenvalue weighted by molar-refractivity contribution is 5.87. The largest absolute Gasteiger partial charge is 0.340 e. The van der Waals surface area contributed by atoms with Gasteiger partial charge in [-0.1, -0.05) is 12.8 Å². The van der Waals surface area contributed by atoms with Crippen LogP contribution in [0, 0.1) is 5.92 Å². The Hall–Kier alpha value is -0.860. The quantitative estimate of drug-likeness (QED) is 0.559. The van der Waals surface area contributed by atoms with Crippen LogP contribution in [-0.4, -0.2) is 18.3 Å². The van der Waals surface area contributed by atoms with Gasteiger partial charge in [0.2, 0.25) is 0 Å². The Morgan fingerprint density at radius 3 is 3.18 bits per heavy atom. The molecule has 11 heavy (non-hydrogen) atoms. The number of amides is 2. The Bertz CT molecular complexity index is 200. The number of fused-ring (bicyclic) bond motifs is 1. The summed E-state index contributed by atoms with van der Waals surface area (Å²) in [7, 11) is 0. The van der Waals surface area contributed by atoms with Gasteiger partial charge in [-0.3, -0.25) is 0 Å². The Labute approximate surface area is 65.9 Å². The average Bonchev–Trinajstić information content (AvgIpc) is 2.04. The maximum Gasteiger partial charge on any atom is 0.340 e. The minimum atomic E-state index is -0.159. The second kappa shape index (κ2) is 2.64. The minimum absolute atomic E-state index is 0.159. The molecule has 1 aliphatic heterocycles. The van der Waals surface area contributed by atoms with Crippen molar-refractivity contribution >= 4 is 12.2 Å². The number of carbonyl (C=O) groups excluding carboxylic acids is 1. The fourth-order valence-electron chi connectivity index (χ4n) is 1.88. The number of aliphatic imine (C=N–C) groups is 1. The summed E-state index contributed by atoms with van der Waals surface area (Å²) in [4.78, 5) is 14.5. The van der Waals surface area contributed by atoms with Gasteiger partial charge in [-0.2, -0.15) is 0 Å². The van der Waals surface area contributed by atoms with Crippen molar-refractivity contribution < 1.29 is 4.79 Å². The molecule has 2 unspecified atom stereocenters. The van der Waals surface area contributed by atoms with Crippen LogP contribution in [0.4, 0.5) is 4.79 Å². The van der Waals surface area contributed by atoms with Crippen molar-refractivity contribution in [1.29, 1.82) is 0 Å². The molecule has 1 fully saturated rings. The summed E-state index contributed by atoms with van der Waals surface area (Å²) in [6.45, 7) is 0. The lowest BCUT2D eigenvalue weighted by atomic mass is 9.85. The first-order valence-electron chi connectivity index (χ1n) is 4.21. The number of urea groups is 1. The van der Waals surface area contributed by atoms with Gasteiger partial charge in [0.1, 0.15) is 0 Å². The summed E-state index contributed by atoms with van der Waals surface area (Å²) >= 11 is 0. The molecular formula is C8H12N2O. The van der Waals surface area contributed by atoms with Crippen LogP contribution in [0.5, 0.6) is 0 Å². The Morgan fingerprint density at radius 1 is 1.45 bits per heavy atom. The van der Waals surface area contributed by atoms with Crippen LogP contribution in [0.3, 0.4) is 0 Å². The van der Waals surface area contributed by atoms with E-state index < -0.39 is 0 Å². The number of carbonyl (C=O) groups is 1.